The van der Waals surface area contributed by atoms with E-state index in [-0.39, 0.29) is 0 Å². The van der Waals surface area contributed by atoms with E-state index in [1.54, 1.807) is 0 Å². The van der Waals surface area contributed by atoms with E-state index in [9.17, 15) is 0 Å². The van der Waals surface area contributed by atoms with Gasteiger partial charge < -0.3 is 5.32 Å². The Kier molecular flexibility index (Phi) is 3.74. The van der Waals surface area contributed by atoms with Crippen LogP contribution in [0.3, 0.4) is 0 Å². The van der Waals surface area contributed by atoms with E-state index in [0.29, 0.717) is 6.04 Å². The molecule has 2 aromatic rings. The van der Waals surface area contributed by atoms with Gasteiger partial charge in [-0.25, -0.2) is 4.98 Å². The monoisotopic (exact) mass is 316 g/mol. The highest BCUT2D eigenvalue weighted by atomic mass is 32.2. The second-order valence-corrected chi connectivity index (χ2v) is 8.98. The third-order valence-corrected chi connectivity index (χ3v) is 7.68. The Hall–Kier alpha value is -1.26. The SMILES string of the molecule is C1=C[SH](c2nc3ccccc3s2)C(NC2CCCCC2)=C1. The van der Waals surface area contributed by atoms with Crippen molar-refractivity contribution in [3.05, 3.63) is 46.9 Å². The van der Waals surface area contributed by atoms with Crippen LogP contribution in [0, 0.1) is 0 Å². The Labute approximate surface area is 132 Å². The number of benzene rings is 1. The standard InChI is InChI=1S/C17H20N2S2/c1-2-7-13(8-3-1)18-16-11-6-12-21(16)17-19-14-9-4-5-10-15(14)20-17/h4-6,9-13,18,21H,1-3,7-8H2. The molecule has 1 unspecified atom stereocenters. The van der Waals surface area contributed by atoms with Crippen LogP contribution in [0.5, 0.6) is 0 Å². The summed E-state index contributed by atoms with van der Waals surface area (Å²) in [6.45, 7) is 0. The Morgan fingerprint density at radius 2 is 2.00 bits per heavy atom. The largest absolute Gasteiger partial charge is 0.378 e. The van der Waals surface area contributed by atoms with Crippen molar-refractivity contribution in [2.75, 3.05) is 0 Å². The number of hydrogen-bond donors (Lipinski definition) is 2. The minimum atomic E-state index is -0.398. The summed E-state index contributed by atoms with van der Waals surface area (Å²) >= 11 is 1.85. The highest BCUT2D eigenvalue weighted by molar-refractivity contribution is 8.24. The van der Waals surface area contributed by atoms with Gasteiger partial charge in [0.25, 0.3) is 0 Å². The van der Waals surface area contributed by atoms with Gasteiger partial charge in [0, 0.05) is 6.04 Å². The number of rotatable bonds is 3. The van der Waals surface area contributed by atoms with Crippen molar-refractivity contribution < 1.29 is 0 Å². The smallest absolute Gasteiger partial charge is 0.140 e. The van der Waals surface area contributed by atoms with Crippen LogP contribution in [-0.2, 0) is 0 Å². The van der Waals surface area contributed by atoms with E-state index in [1.165, 1.54) is 46.2 Å². The number of fused-ring (bicyclic) bond motifs is 1. The second kappa shape index (κ2) is 5.85. The van der Waals surface area contributed by atoms with Crippen molar-refractivity contribution in [3.8, 4) is 0 Å². The summed E-state index contributed by atoms with van der Waals surface area (Å²) in [4.78, 5) is 4.85. The first kappa shape index (κ1) is 13.4. The number of nitrogens with one attached hydrogen (secondary N) is 1. The first-order valence-electron chi connectivity index (χ1n) is 7.70. The molecular formula is C17H20N2S2. The van der Waals surface area contributed by atoms with Gasteiger partial charge in [0.1, 0.15) is 4.34 Å². The first-order chi connectivity index (χ1) is 10.4. The number of allylic oxidation sites excluding steroid dienone is 2. The summed E-state index contributed by atoms with van der Waals surface area (Å²) in [5, 5.41) is 7.54. The average Bonchev–Trinajstić information content (AvgIpc) is 3.14. The lowest BCUT2D eigenvalue weighted by atomic mass is 9.96. The molecule has 1 saturated carbocycles. The van der Waals surface area contributed by atoms with E-state index in [4.69, 9.17) is 4.98 Å². The molecule has 0 radical (unpaired) electrons. The molecule has 1 fully saturated rings. The molecule has 4 rings (SSSR count). The summed E-state index contributed by atoms with van der Waals surface area (Å²) in [6.07, 6.45) is 11.2. The zero-order valence-corrected chi connectivity index (χ0v) is 13.7. The number of hydrogen-bond acceptors (Lipinski definition) is 3. The first-order valence-corrected chi connectivity index (χ1v) is 9.93. The number of para-hydroxylation sites is 1. The lowest BCUT2D eigenvalue weighted by Gasteiger charge is -2.27. The van der Waals surface area contributed by atoms with Crippen LogP contribution in [-0.4, -0.2) is 11.0 Å². The normalized spacial score (nSPS) is 24.4. The molecule has 0 amide bonds. The zero-order valence-electron chi connectivity index (χ0n) is 12.0. The maximum atomic E-state index is 4.85. The van der Waals surface area contributed by atoms with Crippen LogP contribution in [0.25, 0.3) is 10.2 Å². The molecule has 1 aliphatic carbocycles. The van der Waals surface area contributed by atoms with Crippen LogP contribution in [0.15, 0.2) is 51.2 Å². The van der Waals surface area contributed by atoms with Crippen LogP contribution in [0.2, 0.25) is 0 Å². The number of aromatic nitrogens is 1. The van der Waals surface area contributed by atoms with E-state index >= 15 is 0 Å². The minimum Gasteiger partial charge on any atom is -0.378 e. The lowest BCUT2D eigenvalue weighted by Crippen LogP contribution is -2.29. The molecular weight excluding hydrogens is 296 g/mol. The summed E-state index contributed by atoms with van der Waals surface area (Å²) < 4.78 is 2.57. The Morgan fingerprint density at radius 1 is 1.14 bits per heavy atom. The molecule has 2 nitrogen and oxygen atoms in total. The highest BCUT2D eigenvalue weighted by Crippen LogP contribution is 2.50. The van der Waals surface area contributed by atoms with E-state index in [2.05, 4.69) is 47.1 Å². The topological polar surface area (TPSA) is 24.9 Å². The quantitative estimate of drug-likeness (QED) is 0.783. The van der Waals surface area contributed by atoms with Gasteiger partial charge in [-0.05, 0) is 36.5 Å². The maximum absolute atomic E-state index is 4.85. The fourth-order valence-corrected chi connectivity index (χ4v) is 6.49. The predicted octanol–water partition coefficient (Wildman–Crippen LogP) is 4.95. The molecule has 0 spiro atoms. The number of thiol groups is 1. The van der Waals surface area contributed by atoms with Gasteiger partial charge in [-0.3, -0.25) is 0 Å². The van der Waals surface area contributed by atoms with E-state index < -0.39 is 10.9 Å². The molecule has 0 saturated heterocycles. The van der Waals surface area contributed by atoms with Gasteiger partial charge >= 0.3 is 0 Å². The Balaban J connectivity index is 1.56. The predicted molar refractivity (Wildman–Crippen MR) is 94.1 cm³/mol. The van der Waals surface area contributed by atoms with E-state index in [0.717, 1.165) is 5.52 Å². The molecule has 2 heterocycles. The highest BCUT2D eigenvalue weighted by Gasteiger charge is 2.21. The molecule has 2 aliphatic rings. The van der Waals surface area contributed by atoms with Crippen molar-refractivity contribution in [2.24, 2.45) is 0 Å². The Bertz CT molecular complexity index is 663. The van der Waals surface area contributed by atoms with Gasteiger partial charge in [-0.15, -0.1) is 22.2 Å². The Morgan fingerprint density at radius 3 is 2.86 bits per heavy atom. The minimum absolute atomic E-state index is 0.398. The van der Waals surface area contributed by atoms with Gasteiger partial charge in [-0.2, -0.15) is 0 Å². The van der Waals surface area contributed by atoms with Gasteiger partial charge in [0.2, 0.25) is 0 Å². The van der Waals surface area contributed by atoms with Crippen molar-refractivity contribution >= 4 is 32.4 Å². The summed E-state index contributed by atoms with van der Waals surface area (Å²) in [7, 11) is -0.398. The van der Waals surface area contributed by atoms with Crippen LogP contribution < -0.4 is 5.32 Å². The summed E-state index contributed by atoms with van der Waals surface area (Å²) in [6, 6.07) is 9.12. The molecule has 1 N–H and O–H groups in total. The fourth-order valence-electron chi connectivity index (χ4n) is 3.08. The molecule has 1 atom stereocenters. The molecule has 21 heavy (non-hydrogen) atoms. The average molecular weight is 316 g/mol. The van der Waals surface area contributed by atoms with Gasteiger partial charge in [-0.1, -0.05) is 37.5 Å². The van der Waals surface area contributed by atoms with Crippen molar-refractivity contribution in [3.63, 3.8) is 0 Å². The van der Waals surface area contributed by atoms with Gasteiger partial charge in [0.15, 0.2) is 0 Å². The van der Waals surface area contributed by atoms with E-state index in [1.807, 2.05) is 11.3 Å². The van der Waals surface area contributed by atoms with Gasteiger partial charge in [0.05, 0.1) is 15.2 Å². The molecule has 0 bridgehead atoms. The number of thiazole rings is 1. The fraction of sp³-hybridized carbons (Fsp3) is 0.353. The summed E-state index contributed by atoms with van der Waals surface area (Å²) in [5.41, 5.74) is 1.14. The summed E-state index contributed by atoms with van der Waals surface area (Å²) in [5.74, 6) is 0. The van der Waals surface area contributed by atoms with Crippen molar-refractivity contribution in [1.29, 1.82) is 0 Å². The van der Waals surface area contributed by atoms with Crippen LogP contribution in [0.4, 0.5) is 0 Å². The lowest BCUT2D eigenvalue weighted by molar-refractivity contribution is 0.402. The van der Waals surface area contributed by atoms with Crippen molar-refractivity contribution in [2.45, 2.75) is 42.5 Å². The molecule has 4 heteroatoms. The molecule has 1 aromatic carbocycles. The molecule has 110 valence electrons. The molecule has 1 aromatic heterocycles. The van der Waals surface area contributed by atoms with Crippen LogP contribution in [0.1, 0.15) is 32.1 Å². The maximum Gasteiger partial charge on any atom is 0.140 e. The van der Waals surface area contributed by atoms with Crippen molar-refractivity contribution in [1.82, 2.24) is 10.3 Å². The zero-order chi connectivity index (χ0) is 14.1. The molecule has 1 aliphatic heterocycles. The third kappa shape index (κ3) is 2.74. The van der Waals surface area contributed by atoms with Crippen LogP contribution >= 0.6 is 22.2 Å². The third-order valence-electron chi connectivity index (χ3n) is 4.19. The number of nitrogens with zero attached hydrogens (tertiary/aromatic N) is 1. The second-order valence-electron chi connectivity index (χ2n) is 5.71.